The second-order valence-electron chi connectivity index (χ2n) is 4.44. The number of likely N-dealkylation sites (tertiary alicyclic amines) is 1. The zero-order valence-corrected chi connectivity index (χ0v) is 9.59. The van der Waals surface area contributed by atoms with Gasteiger partial charge in [-0.05, 0) is 45.1 Å². The molecule has 1 saturated heterocycles. The van der Waals surface area contributed by atoms with Gasteiger partial charge in [0.2, 0.25) is 0 Å². The van der Waals surface area contributed by atoms with Crippen LogP contribution in [0, 0.1) is 5.92 Å². The Bertz CT molecular complexity index is 345. The fourth-order valence-electron chi connectivity index (χ4n) is 2.08. The molecule has 86 valence electrons. The fourth-order valence-corrected chi connectivity index (χ4v) is 2.08. The van der Waals surface area contributed by atoms with Crippen molar-refractivity contribution >= 4 is 5.78 Å². The molecule has 0 aliphatic carbocycles. The summed E-state index contributed by atoms with van der Waals surface area (Å²) >= 11 is 0. The van der Waals surface area contributed by atoms with Crippen LogP contribution in [0.1, 0.15) is 18.5 Å². The highest BCUT2D eigenvalue weighted by atomic mass is 16.1. The molecule has 0 spiro atoms. The van der Waals surface area contributed by atoms with Crippen LogP contribution in [0.5, 0.6) is 0 Å². The first-order valence-corrected chi connectivity index (χ1v) is 5.73. The van der Waals surface area contributed by atoms with E-state index < -0.39 is 0 Å². The maximum atomic E-state index is 12.0. The molecule has 4 nitrogen and oxygen atoms in total. The van der Waals surface area contributed by atoms with E-state index in [9.17, 15) is 4.79 Å². The molecule has 0 unspecified atom stereocenters. The lowest BCUT2D eigenvalue weighted by molar-refractivity contribution is -0.123. The van der Waals surface area contributed by atoms with Gasteiger partial charge in [0.05, 0.1) is 12.1 Å². The van der Waals surface area contributed by atoms with Gasteiger partial charge in [0.15, 0.2) is 0 Å². The largest absolute Gasteiger partial charge is 0.306 e. The highest BCUT2D eigenvalue weighted by Gasteiger charge is 2.23. The molecule has 0 amide bonds. The number of piperidine rings is 1. The standard InChI is InChI=1S/C12H17N3O/c1-15-7-4-10(5-8-15)12(16)9-11-3-2-6-13-14-11/h2-3,6,10H,4-5,7-9H2,1H3. The van der Waals surface area contributed by atoms with Crippen LogP contribution in [0.4, 0.5) is 0 Å². The normalized spacial score (nSPS) is 18.6. The van der Waals surface area contributed by atoms with E-state index in [0.717, 1.165) is 31.6 Å². The van der Waals surface area contributed by atoms with Gasteiger partial charge in [0, 0.05) is 12.1 Å². The minimum Gasteiger partial charge on any atom is -0.306 e. The minimum absolute atomic E-state index is 0.221. The fraction of sp³-hybridized carbons (Fsp3) is 0.583. The molecule has 2 heterocycles. The predicted molar refractivity (Wildman–Crippen MR) is 61.0 cm³/mol. The molecule has 1 fully saturated rings. The van der Waals surface area contributed by atoms with Gasteiger partial charge in [-0.2, -0.15) is 10.2 Å². The molecule has 0 saturated carbocycles. The third-order valence-electron chi connectivity index (χ3n) is 3.16. The molecule has 16 heavy (non-hydrogen) atoms. The van der Waals surface area contributed by atoms with Gasteiger partial charge in [0.1, 0.15) is 5.78 Å². The molecule has 0 aromatic carbocycles. The molecule has 0 bridgehead atoms. The van der Waals surface area contributed by atoms with E-state index in [1.165, 1.54) is 0 Å². The maximum Gasteiger partial charge on any atom is 0.142 e. The molecule has 4 heteroatoms. The van der Waals surface area contributed by atoms with Crippen molar-refractivity contribution in [2.75, 3.05) is 20.1 Å². The molecular weight excluding hydrogens is 202 g/mol. The van der Waals surface area contributed by atoms with E-state index in [-0.39, 0.29) is 5.92 Å². The van der Waals surface area contributed by atoms with E-state index in [1.54, 1.807) is 6.20 Å². The van der Waals surface area contributed by atoms with Crippen molar-refractivity contribution in [1.29, 1.82) is 0 Å². The maximum absolute atomic E-state index is 12.0. The highest BCUT2D eigenvalue weighted by Crippen LogP contribution is 2.18. The zero-order chi connectivity index (χ0) is 11.4. The molecule has 0 atom stereocenters. The second-order valence-corrected chi connectivity index (χ2v) is 4.44. The number of nitrogens with zero attached hydrogens (tertiary/aromatic N) is 3. The van der Waals surface area contributed by atoms with Gasteiger partial charge >= 0.3 is 0 Å². The lowest BCUT2D eigenvalue weighted by Gasteiger charge is -2.27. The monoisotopic (exact) mass is 219 g/mol. The van der Waals surface area contributed by atoms with Crippen molar-refractivity contribution in [3.8, 4) is 0 Å². The van der Waals surface area contributed by atoms with Gasteiger partial charge in [-0.25, -0.2) is 0 Å². The smallest absolute Gasteiger partial charge is 0.142 e. The number of rotatable bonds is 3. The first kappa shape index (κ1) is 11.2. The third-order valence-corrected chi connectivity index (χ3v) is 3.16. The first-order valence-electron chi connectivity index (χ1n) is 5.73. The van der Waals surface area contributed by atoms with Crippen LogP contribution in [-0.2, 0) is 11.2 Å². The Morgan fingerprint density at radius 1 is 1.50 bits per heavy atom. The van der Waals surface area contributed by atoms with Crippen molar-refractivity contribution in [2.24, 2.45) is 5.92 Å². The topological polar surface area (TPSA) is 46.1 Å². The summed E-state index contributed by atoms with van der Waals surface area (Å²) in [6.45, 7) is 2.05. The lowest BCUT2D eigenvalue weighted by Crippen LogP contribution is -2.34. The van der Waals surface area contributed by atoms with E-state index in [0.29, 0.717) is 12.2 Å². The van der Waals surface area contributed by atoms with Gasteiger partial charge in [-0.3, -0.25) is 4.79 Å². The molecule has 1 aliphatic rings. The van der Waals surface area contributed by atoms with Crippen molar-refractivity contribution in [1.82, 2.24) is 15.1 Å². The van der Waals surface area contributed by atoms with Gasteiger partial charge in [-0.1, -0.05) is 0 Å². The second kappa shape index (κ2) is 5.16. The predicted octanol–water partition coefficient (Wildman–Crippen LogP) is 0.930. The summed E-state index contributed by atoms with van der Waals surface area (Å²) in [7, 11) is 2.10. The van der Waals surface area contributed by atoms with Crippen LogP contribution in [0.25, 0.3) is 0 Å². The number of carbonyl (C=O) groups is 1. The van der Waals surface area contributed by atoms with Gasteiger partial charge in [-0.15, -0.1) is 0 Å². The molecular formula is C12H17N3O. The lowest BCUT2D eigenvalue weighted by atomic mass is 9.90. The number of hydrogen-bond donors (Lipinski definition) is 0. The molecule has 0 radical (unpaired) electrons. The molecule has 1 aliphatic heterocycles. The van der Waals surface area contributed by atoms with E-state index in [1.807, 2.05) is 12.1 Å². The summed E-state index contributed by atoms with van der Waals surface area (Å²) < 4.78 is 0. The Kier molecular flexibility index (Phi) is 3.62. The summed E-state index contributed by atoms with van der Waals surface area (Å²) in [6, 6.07) is 3.68. The summed E-state index contributed by atoms with van der Waals surface area (Å²) in [5.74, 6) is 0.534. The first-order chi connectivity index (χ1) is 7.75. The van der Waals surface area contributed by atoms with Crippen molar-refractivity contribution in [3.63, 3.8) is 0 Å². The van der Waals surface area contributed by atoms with Crippen molar-refractivity contribution in [2.45, 2.75) is 19.3 Å². The number of hydrogen-bond acceptors (Lipinski definition) is 4. The van der Waals surface area contributed by atoms with Crippen LogP contribution < -0.4 is 0 Å². The molecule has 2 rings (SSSR count). The average molecular weight is 219 g/mol. The Hall–Kier alpha value is -1.29. The average Bonchev–Trinajstić information content (AvgIpc) is 2.31. The van der Waals surface area contributed by atoms with Crippen LogP contribution in [0.2, 0.25) is 0 Å². The zero-order valence-electron chi connectivity index (χ0n) is 9.59. The van der Waals surface area contributed by atoms with Crippen molar-refractivity contribution in [3.05, 3.63) is 24.0 Å². The number of aromatic nitrogens is 2. The number of ketones is 1. The summed E-state index contributed by atoms with van der Waals surface area (Å²) in [5, 5.41) is 7.73. The molecule has 0 N–H and O–H groups in total. The SMILES string of the molecule is CN1CCC(C(=O)Cc2cccnn2)CC1. The minimum atomic E-state index is 0.221. The van der Waals surface area contributed by atoms with Crippen molar-refractivity contribution < 1.29 is 4.79 Å². The summed E-state index contributed by atoms with van der Waals surface area (Å²) in [5.41, 5.74) is 0.784. The van der Waals surface area contributed by atoms with E-state index >= 15 is 0 Å². The third kappa shape index (κ3) is 2.85. The quantitative estimate of drug-likeness (QED) is 0.758. The van der Waals surface area contributed by atoms with E-state index in [4.69, 9.17) is 0 Å². The Labute approximate surface area is 95.7 Å². The van der Waals surface area contributed by atoms with E-state index in [2.05, 4.69) is 22.1 Å². The Morgan fingerprint density at radius 2 is 2.25 bits per heavy atom. The summed E-state index contributed by atoms with van der Waals surface area (Å²) in [4.78, 5) is 14.3. The van der Waals surface area contributed by atoms with Crippen LogP contribution >= 0.6 is 0 Å². The van der Waals surface area contributed by atoms with Crippen LogP contribution in [0.15, 0.2) is 18.3 Å². The van der Waals surface area contributed by atoms with Crippen LogP contribution in [0.3, 0.4) is 0 Å². The Morgan fingerprint density at radius 3 is 2.88 bits per heavy atom. The molecule has 1 aromatic heterocycles. The van der Waals surface area contributed by atoms with Gasteiger partial charge in [0.25, 0.3) is 0 Å². The molecule has 1 aromatic rings. The Balaban J connectivity index is 1.89. The van der Waals surface area contributed by atoms with Crippen LogP contribution in [-0.4, -0.2) is 41.0 Å². The number of carbonyl (C=O) groups excluding carboxylic acids is 1. The van der Waals surface area contributed by atoms with Gasteiger partial charge < -0.3 is 4.90 Å². The summed E-state index contributed by atoms with van der Waals surface area (Å²) in [6.07, 6.45) is 4.02. The highest BCUT2D eigenvalue weighted by molar-refractivity contribution is 5.82. The number of Topliss-reactive ketones (excluding diaryl/α,β-unsaturated/α-hetero) is 1.